The minimum absolute atomic E-state index is 0.169. The van der Waals surface area contributed by atoms with Crippen molar-refractivity contribution in [3.05, 3.63) is 70.5 Å². The predicted molar refractivity (Wildman–Crippen MR) is 100 cm³/mol. The Balaban J connectivity index is 1.71. The summed E-state index contributed by atoms with van der Waals surface area (Å²) in [6.45, 7) is 1.00. The smallest absolute Gasteiger partial charge is 0.340 e. The molecule has 3 rings (SSSR count). The molecular formula is C19H15BrN2O4. The highest BCUT2D eigenvalue weighted by Gasteiger charge is 2.19. The van der Waals surface area contributed by atoms with E-state index in [4.69, 9.17) is 4.74 Å². The summed E-state index contributed by atoms with van der Waals surface area (Å²) >= 11 is 3.32. The van der Waals surface area contributed by atoms with Gasteiger partial charge >= 0.3 is 5.97 Å². The summed E-state index contributed by atoms with van der Waals surface area (Å²) in [5.41, 5.74) is 1.76. The summed E-state index contributed by atoms with van der Waals surface area (Å²) < 4.78 is 7.56. The second-order valence-corrected chi connectivity index (χ2v) is 6.51. The number of ether oxygens (including phenoxy) is 1. The highest BCUT2D eigenvalue weighted by molar-refractivity contribution is 9.10. The Hall–Kier alpha value is -2.93. The summed E-state index contributed by atoms with van der Waals surface area (Å²) in [5.74, 6) is -1.28. The number of hydrogen-bond donors (Lipinski definition) is 1. The minimum atomic E-state index is -0.661. The number of hydrogen-bond acceptors (Lipinski definition) is 4. The number of carbonyl (C=O) groups is 3. The van der Waals surface area contributed by atoms with Gasteiger partial charge in [-0.05, 0) is 36.4 Å². The number of nitrogens with one attached hydrogen (secondary N) is 1. The second kappa shape index (κ2) is 7.53. The van der Waals surface area contributed by atoms with E-state index in [2.05, 4.69) is 21.2 Å². The van der Waals surface area contributed by atoms with Crippen LogP contribution in [0.4, 0.5) is 5.69 Å². The topological polar surface area (TPSA) is 76.9 Å². The highest BCUT2D eigenvalue weighted by Crippen LogP contribution is 2.19. The van der Waals surface area contributed by atoms with Crippen LogP contribution in [-0.2, 0) is 9.53 Å². The molecule has 0 unspecified atom stereocenters. The van der Waals surface area contributed by atoms with Crippen molar-refractivity contribution in [1.29, 1.82) is 0 Å². The van der Waals surface area contributed by atoms with Crippen LogP contribution in [0.15, 0.2) is 59.2 Å². The Labute approximate surface area is 157 Å². The molecule has 0 aliphatic carbocycles. The first-order chi connectivity index (χ1) is 12.5. The third kappa shape index (κ3) is 3.83. The van der Waals surface area contributed by atoms with Gasteiger partial charge in [-0.2, -0.15) is 0 Å². The van der Waals surface area contributed by atoms with Crippen molar-refractivity contribution >= 4 is 44.8 Å². The Kier molecular flexibility index (Phi) is 5.18. The lowest BCUT2D eigenvalue weighted by atomic mass is 10.2. The first-order valence-electron chi connectivity index (χ1n) is 7.79. The molecule has 0 saturated heterocycles. The summed E-state index contributed by atoms with van der Waals surface area (Å²) in [4.78, 5) is 36.1. The van der Waals surface area contributed by atoms with Gasteiger partial charge in [0, 0.05) is 23.3 Å². The molecule has 0 aliphatic rings. The Morgan fingerprint density at radius 1 is 1.12 bits per heavy atom. The van der Waals surface area contributed by atoms with Gasteiger partial charge in [0.2, 0.25) is 0 Å². The molecule has 0 fully saturated rings. The van der Waals surface area contributed by atoms with Crippen molar-refractivity contribution in [3.8, 4) is 0 Å². The maximum absolute atomic E-state index is 12.4. The lowest BCUT2D eigenvalue weighted by molar-refractivity contribution is -0.119. The number of nitrogens with zero attached hydrogens (tertiary/aromatic N) is 1. The van der Waals surface area contributed by atoms with Crippen molar-refractivity contribution in [2.45, 2.75) is 6.92 Å². The largest absolute Gasteiger partial charge is 0.452 e. The van der Waals surface area contributed by atoms with Gasteiger partial charge in [0.05, 0.1) is 16.8 Å². The molecule has 0 saturated carbocycles. The molecule has 0 aliphatic heterocycles. The molecule has 1 amide bonds. The Bertz CT molecular complexity index is 1010. The van der Waals surface area contributed by atoms with E-state index in [1.54, 1.807) is 47.0 Å². The van der Waals surface area contributed by atoms with Crippen molar-refractivity contribution < 1.29 is 19.1 Å². The number of amides is 1. The summed E-state index contributed by atoms with van der Waals surface area (Å²) in [6.07, 6.45) is 1.70. The molecule has 0 radical (unpaired) electrons. The number of Topliss-reactive ketones (excluding diaryl/α,β-unsaturated/α-hetero) is 1. The number of aromatic nitrogens is 1. The molecule has 6 nitrogen and oxygen atoms in total. The number of fused-ring (bicyclic) bond motifs is 1. The van der Waals surface area contributed by atoms with E-state index in [1.807, 2.05) is 6.07 Å². The van der Waals surface area contributed by atoms with Crippen LogP contribution >= 0.6 is 15.9 Å². The first kappa shape index (κ1) is 17.9. The molecule has 0 atom stereocenters. The van der Waals surface area contributed by atoms with Crippen LogP contribution < -0.4 is 5.32 Å². The van der Waals surface area contributed by atoms with Gasteiger partial charge in [0.1, 0.15) is 0 Å². The summed E-state index contributed by atoms with van der Waals surface area (Å²) in [5, 5.41) is 2.64. The maximum Gasteiger partial charge on any atom is 0.340 e. The van der Waals surface area contributed by atoms with Crippen LogP contribution in [-0.4, -0.2) is 28.7 Å². The molecule has 1 N–H and O–H groups in total. The standard InChI is InChI=1S/C19H15BrN2O4/c1-12(23)17-10-15(16-7-2-3-8-22(16)17)19(25)26-11-18(24)21-14-6-4-5-13(20)9-14/h2-10H,11H2,1H3,(H,21,24). The molecule has 7 heteroatoms. The van der Waals surface area contributed by atoms with E-state index in [0.29, 0.717) is 16.9 Å². The normalized spacial score (nSPS) is 10.5. The first-order valence-corrected chi connectivity index (χ1v) is 8.58. The fourth-order valence-corrected chi connectivity index (χ4v) is 2.96. The molecule has 1 aromatic carbocycles. The number of anilines is 1. The average molecular weight is 415 g/mol. The van der Waals surface area contributed by atoms with Gasteiger partial charge in [-0.1, -0.05) is 28.1 Å². The quantitative estimate of drug-likeness (QED) is 0.509. The van der Waals surface area contributed by atoms with E-state index < -0.39 is 18.5 Å². The molecular weight excluding hydrogens is 400 g/mol. The van der Waals surface area contributed by atoms with Crippen LogP contribution in [0.5, 0.6) is 0 Å². The zero-order valence-corrected chi connectivity index (χ0v) is 15.4. The van der Waals surface area contributed by atoms with Crippen LogP contribution in [0.2, 0.25) is 0 Å². The average Bonchev–Trinajstić information content (AvgIpc) is 3.00. The molecule has 26 heavy (non-hydrogen) atoms. The zero-order valence-electron chi connectivity index (χ0n) is 13.9. The van der Waals surface area contributed by atoms with Crippen LogP contribution in [0, 0.1) is 0 Å². The Morgan fingerprint density at radius 3 is 2.65 bits per heavy atom. The van der Waals surface area contributed by atoms with E-state index in [9.17, 15) is 14.4 Å². The third-order valence-corrected chi connectivity index (χ3v) is 4.19. The van der Waals surface area contributed by atoms with Gasteiger partial charge in [-0.3, -0.25) is 9.59 Å². The molecule has 2 heterocycles. The molecule has 132 valence electrons. The van der Waals surface area contributed by atoms with Gasteiger partial charge in [0.25, 0.3) is 5.91 Å². The second-order valence-electron chi connectivity index (χ2n) is 5.59. The van der Waals surface area contributed by atoms with Crippen molar-refractivity contribution in [2.75, 3.05) is 11.9 Å². The van der Waals surface area contributed by atoms with Crippen molar-refractivity contribution in [3.63, 3.8) is 0 Å². The number of halogens is 1. The van der Waals surface area contributed by atoms with Crippen molar-refractivity contribution in [2.24, 2.45) is 0 Å². The maximum atomic E-state index is 12.4. The van der Waals surface area contributed by atoms with Gasteiger partial charge in [-0.15, -0.1) is 0 Å². The number of rotatable bonds is 5. The van der Waals surface area contributed by atoms with Gasteiger partial charge in [0.15, 0.2) is 12.4 Å². The summed E-state index contributed by atoms with van der Waals surface area (Å²) in [6, 6.07) is 13.8. The van der Waals surface area contributed by atoms with Crippen LogP contribution in [0.3, 0.4) is 0 Å². The minimum Gasteiger partial charge on any atom is -0.452 e. The summed E-state index contributed by atoms with van der Waals surface area (Å²) in [7, 11) is 0. The number of pyridine rings is 1. The van der Waals surface area contributed by atoms with E-state index >= 15 is 0 Å². The third-order valence-electron chi connectivity index (χ3n) is 3.70. The van der Waals surface area contributed by atoms with Gasteiger partial charge in [-0.25, -0.2) is 4.79 Å². The molecule has 0 bridgehead atoms. The van der Waals surface area contributed by atoms with Gasteiger partial charge < -0.3 is 14.5 Å². The molecule has 3 aromatic rings. The van der Waals surface area contributed by atoms with Crippen LogP contribution in [0.1, 0.15) is 27.8 Å². The van der Waals surface area contributed by atoms with E-state index in [0.717, 1.165) is 4.47 Å². The zero-order chi connectivity index (χ0) is 18.7. The van der Waals surface area contributed by atoms with Crippen molar-refractivity contribution in [1.82, 2.24) is 4.40 Å². The predicted octanol–water partition coefficient (Wildman–Crippen LogP) is 3.70. The SMILES string of the molecule is CC(=O)c1cc(C(=O)OCC(=O)Nc2cccc(Br)c2)c2ccccn12. The fourth-order valence-electron chi connectivity index (χ4n) is 2.56. The highest BCUT2D eigenvalue weighted by atomic mass is 79.9. The fraction of sp³-hybridized carbons (Fsp3) is 0.105. The number of carbonyl (C=O) groups excluding carboxylic acids is 3. The Morgan fingerprint density at radius 2 is 1.92 bits per heavy atom. The molecule has 0 spiro atoms. The number of esters is 1. The number of benzene rings is 1. The van der Waals surface area contributed by atoms with E-state index in [1.165, 1.54) is 13.0 Å². The molecule has 2 aromatic heterocycles. The lowest BCUT2D eigenvalue weighted by Gasteiger charge is -2.06. The monoisotopic (exact) mass is 414 g/mol. The number of ketones is 1. The van der Waals surface area contributed by atoms with Crippen LogP contribution in [0.25, 0.3) is 5.52 Å². The van der Waals surface area contributed by atoms with E-state index in [-0.39, 0.29) is 11.3 Å². The lowest BCUT2D eigenvalue weighted by Crippen LogP contribution is -2.20.